The number of aliphatic hydroxyl groups is 1. The number of hydrogen-bond acceptors (Lipinski definition) is 2. The summed E-state index contributed by atoms with van der Waals surface area (Å²) in [6.07, 6.45) is -3.53. The van der Waals surface area contributed by atoms with E-state index < -0.39 is 35.4 Å². The highest BCUT2D eigenvalue weighted by molar-refractivity contribution is 5.89. The first-order valence-electron chi connectivity index (χ1n) is 6.75. The van der Waals surface area contributed by atoms with Gasteiger partial charge < -0.3 is 15.3 Å². The maximum atomic E-state index is 13.5. The minimum atomic E-state index is -4.62. The van der Waals surface area contributed by atoms with Crippen LogP contribution in [0.15, 0.2) is 18.2 Å². The van der Waals surface area contributed by atoms with Gasteiger partial charge in [-0.05, 0) is 37.0 Å². The van der Waals surface area contributed by atoms with E-state index in [-0.39, 0.29) is 12.5 Å². The number of carbonyl (C=O) groups excluding carboxylic acids is 1. The SMILES string of the molecule is CN(CC(O)C1CC1)C(=O)Nc1cc(C(F)(F)F)ccc1F. The van der Waals surface area contributed by atoms with Gasteiger partial charge in [-0.25, -0.2) is 9.18 Å². The van der Waals surface area contributed by atoms with E-state index >= 15 is 0 Å². The molecular formula is C14H16F4N2O2. The number of nitrogens with one attached hydrogen (secondary N) is 1. The molecule has 0 spiro atoms. The first-order valence-corrected chi connectivity index (χ1v) is 6.75. The molecule has 0 heterocycles. The Morgan fingerprint density at radius 1 is 1.45 bits per heavy atom. The maximum Gasteiger partial charge on any atom is 0.416 e. The fraction of sp³-hybridized carbons (Fsp3) is 0.500. The van der Waals surface area contributed by atoms with Crippen molar-refractivity contribution in [2.24, 2.45) is 5.92 Å². The second kappa shape index (κ2) is 6.12. The van der Waals surface area contributed by atoms with Crippen LogP contribution in [0.1, 0.15) is 18.4 Å². The average Bonchev–Trinajstić information content (AvgIpc) is 3.24. The largest absolute Gasteiger partial charge is 0.416 e. The number of halogens is 4. The quantitative estimate of drug-likeness (QED) is 0.838. The Labute approximate surface area is 124 Å². The number of urea groups is 1. The predicted molar refractivity (Wildman–Crippen MR) is 71.8 cm³/mol. The van der Waals surface area contributed by atoms with Crippen molar-refractivity contribution in [3.05, 3.63) is 29.6 Å². The average molecular weight is 320 g/mol. The fourth-order valence-corrected chi connectivity index (χ4v) is 2.00. The molecule has 1 aliphatic rings. The van der Waals surface area contributed by atoms with Crippen molar-refractivity contribution in [1.29, 1.82) is 0 Å². The van der Waals surface area contributed by atoms with Gasteiger partial charge in [0.05, 0.1) is 17.4 Å². The van der Waals surface area contributed by atoms with Crippen LogP contribution in [0.4, 0.5) is 28.0 Å². The van der Waals surface area contributed by atoms with Gasteiger partial charge in [0.1, 0.15) is 5.82 Å². The summed E-state index contributed by atoms with van der Waals surface area (Å²) in [6.45, 7) is 0.0388. The lowest BCUT2D eigenvalue weighted by Gasteiger charge is -2.21. The lowest BCUT2D eigenvalue weighted by Crippen LogP contribution is -2.38. The zero-order valence-corrected chi connectivity index (χ0v) is 11.8. The normalized spacial score (nSPS) is 16.3. The van der Waals surface area contributed by atoms with E-state index in [1.807, 2.05) is 0 Å². The van der Waals surface area contributed by atoms with Gasteiger partial charge in [-0.15, -0.1) is 0 Å². The van der Waals surface area contributed by atoms with E-state index in [0.29, 0.717) is 18.2 Å². The zero-order valence-electron chi connectivity index (χ0n) is 11.8. The monoisotopic (exact) mass is 320 g/mol. The molecule has 1 saturated carbocycles. The van der Waals surface area contributed by atoms with Crippen LogP contribution in [0.25, 0.3) is 0 Å². The molecule has 1 fully saturated rings. The van der Waals surface area contributed by atoms with Crippen molar-refractivity contribution in [3.8, 4) is 0 Å². The number of amides is 2. The number of likely N-dealkylation sites (N-methyl/N-ethyl adjacent to an activating group) is 1. The van der Waals surface area contributed by atoms with E-state index in [2.05, 4.69) is 5.32 Å². The Kier molecular flexibility index (Phi) is 4.60. The molecule has 0 bridgehead atoms. The summed E-state index contributed by atoms with van der Waals surface area (Å²) in [6, 6.07) is 1.01. The van der Waals surface area contributed by atoms with Crippen molar-refractivity contribution in [2.45, 2.75) is 25.1 Å². The number of alkyl halides is 3. The lowest BCUT2D eigenvalue weighted by molar-refractivity contribution is -0.137. The van der Waals surface area contributed by atoms with Crippen molar-refractivity contribution in [2.75, 3.05) is 18.9 Å². The Balaban J connectivity index is 2.03. The van der Waals surface area contributed by atoms with Gasteiger partial charge >= 0.3 is 12.2 Å². The van der Waals surface area contributed by atoms with Gasteiger partial charge in [0.25, 0.3) is 0 Å². The molecule has 2 amide bonds. The molecule has 1 atom stereocenters. The lowest BCUT2D eigenvalue weighted by atomic mass is 10.2. The van der Waals surface area contributed by atoms with Crippen LogP contribution in [-0.4, -0.2) is 35.7 Å². The van der Waals surface area contributed by atoms with Crippen molar-refractivity contribution < 1.29 is 27.5 Å². The third-order valence-corrected chi connectivity index (χ3v) is 3.51. The molecule has 122 valence electrons. The summed E-state index contributed by atoms with van der Waals surface area (Å²) in [5.74, 6) is -0.807. The Hall–Kier alpha value is -1.83. The molecule has 8 heteroatoms. The van der Waals surface area contributed by atoms with Gasteiger partial charge in [0, 0.05) is 13.6 Å². The second-order valence-electron chi connectivity index (χ2n) is 5.41. The van der Waals surface area contributed by atoms with Gasteiger partial charge in [0.15, 0.2) is 0 Å². The van der Waals surface area contributed by atoms with Gasteiger partial charge in [-0.3, -0.25) is 0 Å². The van der Waals surface area contributed by atoms with Crippen LogP contribution in [0.5, 0.6) is 0 Å². The first kappa shape index (κ1) is 16.5. The number of rotatable bonds is 4. The molecule has 22 heavy (non-hydrogen) atoms. The number of anilines is 1. The highest BCUT2D eigenvalue weighted by Gasteiger charge is 2.32. The van der Waals surface area contributed by atoms with Crippen LogP contribution in [0, 0.1) is 11.7 Å². The molecular weight excluding hydrogens is 304 g/mol. The zero-order chi connectivity index (χ0) is 16.5. The predicted octanol–water partition coefficient (Wildman–Crippen LogP) is 3.08. The van der Waals surface area contributed by atoms with E-state index in [4.69, 9.17) is 0 Å². The maximum absolute atomic E-state index is 13.5. The number of nitrogens with zero attached hydrogens (tertiary/aromatic N) is 1. The molecule has 1 unspecified atom stereocenters. The summed E-state index contributed by atoms with van der Waals surface area (Å²) in [4.78, 5) is 13.0. The Morgan fingerprint density at radius 3 is 2.64 bits per heavy atom. The molecule has 2 rings (SSSR count). The summed E-state index contributed by atoms with van der Waals surface area (Å²) in [7, 11) is 1.38. The van der Waals surface area contributed by atoms with Crippen molar-refractivity contribution in [3.63, 3.8) is 0 Å². The molecule has 0 radical (unpaired) electrons. The Morgan fingerprint density at radius 2 is 2.09 bits per heavy atom. The smallest absolute Gasteiger partial charge is 0.391 e. The second-order valence-corrected chi connectivity index (χ2v) is 5.41. The number of aliphatic hydroxyl groups excluding tert-OH is 1. The highest BCUT2D eigenvalue weighted by atomic mass is 19.4. The molecule has 1 aromatic carbocycles. The van der Waals surface area contributed by atoms with Gasteiger partial charge in [-0.1, -0.05) is 0 Å². The van der Waals surface area contributed by atoms with Gasteiger partial charge in [-0.2, -0.15) is 13.2 Å². The topological polar surface area (TPSA) is 52.6 Å². The van der Waals surface area contributed by atoms with Crippen molar-refractivity contribution >= 4 is 11.7 Å². The summed E-state index contributed by atoms with van der Waals surface area (Å²) < 4.78 is 51.3. The molecule has 2 N–H and O–H groups in total. The first-order chi connectivity index (χ1) is 10.2. The summed E-state index contributed by atoms with van der Waals surface area (Å²) in [5.41, 5.74) is -1.60. The Bertz CT molecular complexity index is 558. The van der Waals surface area contributed by atoms with Crippen LogP contribution in [0.3, 0.4) is 0 Å². The summed E-state index contributed by atoms with van der Waals surface area (Å²) >= 11 is 0. The summed E-state index contributed by atoms with van der Waals surface area (Å²) in [5, 5.41) is 11.8. The van der Waals surface area contributed by atoms with E-state index in [0.717, 1.165) is 17.7 Å². The fourth-order valence-electron chi connectivity index (χ4n) is 2.00. The standard InChI is InChI=1S/C14H16F4N2O2/c1-20(7-12(21)8-2-3-8)13(22)19-11-6-9(14(16,17)18)4-5-10(11)15/h4-6,8,12,21H,2-3,7H2,1H3,(H,19,22). The van der Waals surface area contributed by atoms with E-state index in [1.54, 1.807) is 0 Å². The van der Waals surface area contributed by atoms with Crippen LogP contribution in [-0.2, 0) is 6.18 Å². The highest BCUT2D eigenvalue weighted by Crippen LogP contribution is 2.33. The third kappa shape index (κ3) is 4.09. The van der Waals surface area contributed by atoms with Crippen LogP contribution in [0.2, 0.25) is 0 Å². The minimum absolute atomic E-state index is 0.0388. The third-order valence-electron chi connectivity index (χ3n) is 3.51. The van der Waals surface area contributed by atoms with Gasteiger partial charge in [0.2, 0.25) is 0 Å². The molecule has 4 nitrogen and oxygen atoms in total. The van der Waals surface area contributed by atoms with Crippen LogP contribution >= 0.6 is 0 Å². The molecule has 0 aliphatic heterocycles. The number of carbonyl (C=O) groups is 1. The minimum Gasteiger partial charge on any atom is -0.391 e. The van der Waals surface area contributed by atoms with Crippen LogP contribution < -0.4 is 5.32 Å². The number of benzene rings is 1. The molecule has 0 aromatic heterocycles. The molecule has 1 aliphatic carbocycles. The van der Waals surface area contributed by atoms with E-state index in [1.165, 1.54) is 7.05 Å². The molecule has 1 aromatic rings. The van der Waals surface area contributed by atoms with E-state index in [9.17, 15) is 27.5 Å². The van der Waals surface area contributed by atoms with Crippen molar-refractivity contribution in [1.82, 2.24) is 4.90 Å². The number of hydrogen-bond donors (Lipinski definition) is 2. The molecule has 0 saturated heterocycles.